The zero-order valence-electron chi connectivity index (χ0n) is 13.2. The average Bonchev–Trinajstić information content (AvgIpc) is 3.37. The Morgan fingerprint density at radius 1 is 1.25 bits per heavy atom. The fraction of sp³-hybridized carbons (Fsp3) is 0.278. The minimum Gasteiger partial charge on any atom is -0.454 e. The fourth-order valence-corrected chi connectivity index (χ4v) is 3.17. The van der Waals surface area contributed by atoms with E-state index in [0.29, 0.717) is 12.3 Å². The summed E-state index contributed by atoms with van der Waals surface area (Å²) in [6, 6.07) is 9.45. The van der Waals surface area contributed by atoms with Gasteiger partial charge in [0.2, 0.25) is 0 Å². The number of amides is 1. The van der Waals surface area contributed by atoms with Crippen LogP contribution in [0.15, 0.2) is 59.7 Å². The zero-order chi connectivity index (χ0) is 16.4. The van der Waals surface area contributed by atoms with Crippen molar-refractivity contribution < 1.29 is 9.21 Å². The van der Waals surface area contributed by atoms with Crippen molar-refractivity contribution in [2.75, 3.05) is 6.54 Å². The second kappa shape index (κ2) is 6.31. The molecule has 3 aromatic rings. The van der Waals surface area contributed by atoms with E-state index < -0.39 is 0 Å². The maximum Gasteiger partial charge on any atom is 0.290 e. The van der Waals surface area contributed by atoms with Crippen LogP contribution in [-0.4, -0.2) is 31.9 Å². The minimum atomic E-state index is -0.0694. The van der Waals surface area contributed by atoms with E-state index in [1.165, 1.54) is 0 Å². The summed E-state index contributed by atoms with van der Waals surface area (Å²) in [5.41, 5.74) is 0.938. The first-order chi connectivity index (χ1) is 11.8. The normalized spacial score (nSPS) is 17.3. The highest BCUT2D eigenvalue weighted by Crippen LogP contribution is 2.32. The van der Waals surface area contributed by atoms with Crippen LogP contribution in [0.2, 0.25) is 0 Å². The number of carbonyl (C=O) groups excluding carboxylic acids is 1. The van der Waals surface area contributed by atoms with E-state index in [9.17, 15) is 4.79 Å². The smallest absolute Gasteiger partial charge is 0.290 e. The zero-order valence-corrected chi connectivity index (χ0v) is 13.2. The summed E-state index contributed by atoms with van der Waals surface area (Å²) >= 11 is 0. The van der Waals surface area contributed by atoms with E-state index in [1.54, 1.807) is 24.8 Å². The van der Waals surface area contributed by atoms with E-state index in [1.807, 2.05) is 39.9 Å². The highest BCUT2D eigenvalue weighted by Gasteiger charge is 2.32. The molecule has 1 aliphatic rings. The van der Waals surface area contributed by atoms with Gasteiger partial charge in [0.05, 0.1) is 24.6 Å². The molecule has 24 heavy (non-hydrogen) atoms. The van der Waals surface area contributed by atoms with Crippen LogP contribution in [0.3, 0.4) is 0 Å². The van der Waals surface area contributed by atoms with E-state index in [0.717, 1.165) is 30.8 Å². The molecule has 1 amide bonds. The first kappa shape index (κ1) is 14.7. The van der Waals surface area contributed by atoms with Gasteiger partial charge in [-0.2, -0.15) is 0 Å². The molecule has 0 aromatic carbocycles. The Bertz CT molecular complexity index is 811. The van der Waals surface area contributed by atoms with Crippen molar-refractivity contribution >= 4 is 5.91 Å². The predicted octanol–water partition coefficient (Wildman–Crippen LogP) is 2.90. The van der Waals surface area contributed by atoms with Crippen molar-refractivity contribution in [3.63, 3.8) is 0 Å². The number of rotatable bonds is 4. The van der Waals surface area contributed by atoms with E-state index in [4.69, 9.17) is 4.42 Å². The summed E-state index contributed by atoms with van der Waals surface area (Å²) in [7, 11) is 0. The number of imidazole rings is 1. The molecule has 4 rings (SSSR count). The van der Waals surface area contributed by atoms with Crippen LogP contribution >= 0.6 is 0 Å². The third-order valence-corrected chi connectivity index (χ3v) is 4.31. The summed E-state index contributed by atoms with van der Waals surface area (Å²) in [5, 5.41) is 0. The molecule has 0 saturated carbocycles. The monoisotopic (exact) mass is 322 g/mol. The molecular formula is C18H18N4O2. The van der Waals surface area contributed by atoms with Crippen molar-refractivity contribution in [1.29, 1.82) is 0 Å². The largest absolute Gasteiger partial charge is 0.454 e. The Kier molecular flexibility index (Phi) is 3.86. The van der Waals surface area contributed by atoms with Gasteiger partial charge in [0.25, 0.3) is 5.91 Å². The molecule has 1 saturated heterocycles. The predicted molar refractivity (Wildman–Crippen MR) is 87.3 cm³/mol. The molecule has 0 spiro atoms. The van der Waals surface area contributed by atoms with Crippen molar-refractivity contribution in [2.24, 2.45) is 0 Å². The SMILES string of the molecule is O=C(c1ccc(Cn2ccnc2)o1)N1CCC[C@@H]1c1ccccn1. The molecule has 122 valence electrons. The number of nitrogens with zero attached hydrogens (tertiary/aromatic N) is 4. The van der Waals surface area contributed by atoms with Gasteiger partial charge in [-0.1, -0.05) is 6.07 Å². The molecule has 1 atom stereocenters. The van der Waals surface area contributed by atoms with Crippen LogP contribution in [0.4, 0.5) is 0 Å². The van der Waals surface area contributed by atoms with Gasteiger partial charge in [-0.15, -0.1) is 0 Å². The first-order valence-corrected chi connectivity index (χ1v) is 8.07. The lowest BCUT2D eigenvalue weighted by Crippen LogP contribution is -2.30. The average molecular weight is 322 g/mol. The standard InChI is InChI=1S/C18H18N4O2/c23-18(17-7-6-14(24-17)12-21-11-9-19-13-21)22-10-3-5-16(22)15-4-1-2-8-20-15/h1-2,4,6-9,11,13,16H,3,5,10,12H2/t16-/m1/s1. The first-order valence-electron chi connectivity index (χ1n) is 8.07. The number of hydrogen-bond acceptors (Lipinski definition) is 4. The number of hydrogen-bond donors (Lipinski definition) is 0. The number of pyridine rings is 1. The van der Waals surface area contributed by atoms with Crippen LogP contribution in [0.25, 0.3) is 0 Å². The second-order valence-corrected chi connectivity index (χ2v) is 5.91. The number of likely N-dealkylation sites (tertiary alicyclic amines) is 1. The summed E-state index contributed by atoms with van der Waals surface area (Å²) in [6.07, 6.45) is 8.99. The van der Waals surface area contributed by atoms with E-state index in [-0.39, 0.29) is 11.9 Å². The maximum atomic E-state index is 12.8. The molecule has 3 aromatic heterocycles. The Hall–Kier alpha value is -2.89. The van der Waals surface area contributed by atoms with Gasteiger partial charge in [-0.25, -0.2) is 4.98 Å². The second-order valence-electron chi connectivity index (χ2n) is 5.91. The van der Waals surface area contributed by atoms with E-state index >= 15 is 0 Å². The minimum absolute atomic E-state index is 0.0286. The summed E-state index contributed by atoms with van der Waals surface area (Å²) < 4.78 is 7.66. The lowest BCUT2D eigenvalue weighted by Gasteiger charge is -2.23. The van der Waals surface area contributed by atoms with Gasteiger partial charge >= 0.3 is 0 Å². The van der Waals surface area contributed by atoms with Crippen LogP contribution in [0, 0.1) is 0 Å². The van der Waals surface area contributed by atoms with Gasteiger partial charge < -0.3 is 13.9 Å². The molecule has 0 aliphatic carbocycles. The van der Waals surface area contributed by atoms with Crippen LogP contribution in [0.5, 0.6) is 0 Å². The highest BCUT2D eigenvalue weighted by atomic mass is 16.4. The Morgan fingerprint density at radius 2 is 2.21 bits per heavy atom. The van der Waals surface area contributed by atoms with Crippen molar-refractivity contribution in [3.05, 3.63) is 72.5 Å². The topological polar surface area (TPSA) is 64.2 Å². The number of aromatic nitrogens is 3. The highest BCUT2D eigenvalue weighted by molar-refractivity contribution is 5.92. The van der Waals surface area contributed by atoms with Crippen molar-refractivity contribution in [3.8, 4) is 0 Å². The number of furan rings is 1. The lowest BCUT2D eigenvalue weighted by atomic mass is 10.1. The molecule has 6 nitrogen and oxygen atoms in total. The summed E-state index contributed by atoms with van der Waals surface area (Å²) in [4.78, 5) is 23.1. The molecule has 0 radical (unpaired) electrons. The summed E-state index contributed by atoms with van der Waals surface area (Å²) in [5.74, 6) is 1.05. The Morgan fingerprint density at radius 3 is 3.00 bits per heavy atom. The third-order valence-electron chi connectivity index (χ3n) is 4.31. The maximum absolute atomic E-state index is 12.8. The molecule has 6 heteroatoms. The molecule has 1 aliphatic heterocycles. The van der Waals surface area contributed by atoms with Crippen molar-refractivity contribution in [2.45, 2.75) is 25.4 Å². The molecule has 4 heterocycles. The Labute approximate surface area is 139 Å². The quantitative estimate of drug-likeness (QED) is 0.741. The third kappa shape index (κ3) is 2.82. The molecule has 1 fully saturated rings. The van der Waals surface area contributed by atoms with E-state index in [2.05, 4.69) is 9.97 Å². The molecule has 0 bridgehead atoms. The van der Waals surface area contributed by atoms with Crippen LogP contribution in [-0.2, 0) is 6.54 Å². The van der Waals surface area contributed by atoms with Crippen LogP contribution in [0.1, 0.15) is 40.9 Å². The van der Waals surface area contributed by atoms with Gasteiger partial charge in [0, 0.05) is 25.1 Å². The molecular weight excluding hydrogens is 304 g/mol. The Balaban J connectivity index is 1.52. The van der Waals surface area contributed by atoms with Crippen molar-refractivity contribution in [1.82, 2.24) is 19.4 Å². The van der Waals surface area contributed by atoms with Gasteiger partial charge in [-0.05, 0) is 37.1 Å². The number of carbonyl (C=O) groups is 1. The summed E-state index contributed by atoms with van der Waals surface area (Å²) in [6.45, 7) is 1.30. The lowest BCUT2D eigenvalue weighted by molar-refractivity contribution is 0.0698. The van der Waals surface area contributed by atoms with Crippen LogP contribution < -0.4 is 0 Å². The van der Waals surface area contributed by atoms with Gasteiger partial charge in [-0.3, -0.25) is 9.78 Å². The van der Waals surface area contributed by atoms with Gasteiger partial charge in [0.15, 0.2) is 5.76 Å². The molecule has 0 unspecified atom stereocenters. The van der Waals surface area contributed by atoms with Gasteiger partial charge in [0.1, 0.15) is 5.76 Å². The molecule has 0 N–H and O–H groups in total. The fourth-order valence-electron chi connectivity index (χ4n) is 3.17.